The van der Waals surface area contributed by atoms with Crippen LogP contribution in [0.3, 0.4) is 0 Å². The van der Waals surface area contributed by atoms with Crippen LogP contribution in [-0.4, -0.2) is 24.7 Å². The average molecular weight is 371 g/mol. The monoisotopic (exact) mass is 370 g/mol. The Morgan fingerprint density at radius 2 is 1.85 bits per heavy atom. The summed E-state index contributed by atoms with van der Waals surface area (Å²) in [5.41, 5.74) is 2.27. The number of rotatable bonds is 6. The number of aromatic nitrogens is 1. The highest BCUT2D eigenvalue weighted by molar-refractivity contribution is 6.31. The zero-order valence-corrected chi connectivity index (χ0v) is 15.3. The van der Waals surface area contributed by atoms with E-state index < -0.39 is 0 Å². The molecule has 1 heterocycles. The number of nitrogens with one attached hydrogen (secondary N) is 1. The topological polar surface area (TPSA) is 52.5 Å². The first-order valence-corrected chi connectivity index (χ1v) is 8.42. The molecule has 0 unspecified atom stereocenters. The number of halogens is 1. The van der Waals surface area contributed by atoms with Gasteiger partial charge in [-0.1, -0.05) is 17.7 Å². The molecule has 2 aromatic carbocycles. The van der Waals surface area contributed by atoms with E-state index in [0.717, 1.165) is 11.3 Å². The van der Waals surface area contributed by atoms with Crippen LogP contribution in [0, 0.1) is 0 Å². The number of ether oxygens (including phenoxy) is 2. The minimum atomic E-state index is -0.149. The van der Waals surface area contributed by atoms with Crippen molar-refractivity contribution in [1.29, 1.82) is 0 Å². The van der Waals surface area contributed by atoms with Gasteiger partial charge in [0.2, 0.25) is 5.91 Å². The van der Waals surface area contributed by atoms with Crippen molar-refractivity contribution in [3.63, 3.8) is 0 Å². The molecule has 0 aliphatic rings. The fourth-order valence-corrected chi connectivity index (χ4v) is 2.85. The Morgan fingerprint density at radius 3 is 2.54 bits per heavy atom. The van der Waals surface area contributed by atoms with Gasteiger partial charge in [0.1, 0.15) is 11.5 Å². The minimum Gasteiger partial charge on any atom is -0.497 e. The molecule has 5 nitrogen and oxygen atoms in total. The summed E-state index contributed by atoms with van der Waals surface area (Å²) in [6, 6.07) is 14.6. The van der Waals surface area contributed by atoms with Crippen molar-refractivity contribution < 1.29 is 14.3 Å². The van der Waals surface area contributed by atoms with Gasteiger partial charge in [-0.3, -0.25) is 4.79 Å². The molecule has 3 rings (SSSR count). The molecule has 1 aromatic heterocycles. The predicted octanol–water partition coefficient (Wildman–Crippen LogP) is 4.33. The highest BCUT2D eigenvalue weighted by Crippen LogP contribution is 2.27. The lowest BCUT2D eigenvalue weighted by Crippen LogP contribution is -2.16. The van der Waals surface area contributed by atoms with Gasteiger partial charge in [0.25, 0.3) is 0 Å². The van der Waals surface area contributed by atoms with E-state index in [2.05, 4.69) is 5.32 Å². The molecule has 0 spiro atoms. The van der Waals surface area contributed by atoms with Gasteiger partial charge in [0, 0.05) is 29.0 Å². The van der Waals surface area contributed by atoms with Crippen LogP contribution in [0.1, 0.15) is 5.56 Å². The van der Waals surface area contributed by atoms with Crippen molar-refractivity contribution in [1.82, 2.24) is 4.57 Å². The zero-order chi connectivity index (χ0) is 18.5. The number of amides is 1. The third-order valence-electron chi connectivity index (χ3n) is 3.96. The molecule has 0 aliphatic carbocycles. The van der Waals surface area contributed by atoms with Crippen LogP contribution >= 0.6 is 11.6 Å². The maximum atomic E-state index is 12.6. The summed E-state index contributed by atoms with van der Waals surface area (Å²) in [6.07, 6.45) is 3.97. The molecule has 0 aliphatic heterocycles. The van der Waals surface area contributed by atoms with Gasteiger partial charge in [-0.15, -0.1) is 0 Å². The molecule has 26 heavy (non-hydrogen) atoms. The van der Waals surface area contributed by atoms with E-state index >= 15 is 0 Å². The molecule has 0 atom stereocenters. The maximum absolute atomic E-state index is 12.6. The number of hydrogen-bond donors (Lipinski definition) is 1. The van der Waals surface area contributed by atoms with Crippen LogP contribution in [-0.2, 0) is 11.2 Å². The molecule has 1 N–H and O–H groups in total. The van der Waals surface area contributed by atoms with Gasteiger partial charge in [0.05, 0.1) is 32.0 Å². The SMILES string of the molecule is COc1ccc(CC(=O)Nc2ccc(Cl)cc2-n2cccc2)c(OC)c1. The van der Waals surface area contributed by atoms with Crippen molar-refractivity contribution in [3.05, 3.63) is 71.5 Å². The number of methoxy groups -OCH3 is 2. The largest absolute Gasteiger partial charge is 0.497 e. The van der Waals surface area contributed by atoms with E-state index in [1.807, 2.05) is 41.2 Å². The number of carbonyl (C=O) groups is 1. The molecule has 134 valence electrons. The summed E-state index contributed by atoms with van der Waals surface area (Å²) in [4.78, 5) is 12.6. The number of carbonyl (C=O) groups excluding carboxylic acids is 1. The highest BCUT2D eigenvalue weighted by Gasteiger charge is 2.13. The second-order valence-corrected chi connectivity index (χ2v) is 6.09. The van der Waals surface area contributed by atoms with Crippen molar-refractivity contribution in [2.24, 2.45) is 0 Å². The Hall–Kier alpha value is -2.92. The number of hydrogen-bond acceptors (Lipinski definition) is 3. The van der Waals surface area contributed by atoms with Crippen molar-refractivity contribution in [2.75, 3.05) is 19.5 Å². The molecular formula is C20H19ClN2O3. The van der Waals surface area contributed by atoms with Gasteiger partial charge >= 0.3 is 0 Å². The van der Waals surface area contributed by atoms with Crippen molar-refractivity contribution in [3.8, 4) is 17.2 Å². The number of nitrogens with zero attached hydrogens (tertiary/aromatic N) is 1. The second-order valence-electron chi connectivity index (χ2n) is 5.65. The Bertz CT molecular complexity index is 907. The molecule has 3 aromatic rings. The standard InChI is InChI=1S/C20H19ClN2O3/c1-25-16-7-5-14(19(13-16)26-2)11-20(24)22-17-8-6-15(21)12-18(17)23-9-3-4-10-23/h3-10,12-13H,11H2,1-2H3,(H,22,24). The van der Waals surface area contributed by atoms with Crippen LogP contribution in [0.5, 0.6) is 11.5 Å². The Labute approximate surface area is 157 Å². The van der Waals surface area contributed by atoms with Crippen LogP contribution in [0.15, 0.2) is 60.9 Å². The molecule has 0 fully saturated rings. The molecule has 1 amide bonds. The third-order valence-corrected chi connectivity index (χ3v) is 4.20. The van der Waals surface area contributed by atoms with Gasteiger partial charge in [-0.25, -0.2) is 0 Å². The van der Waals surface area contributed by atoms with Gasteiger partial charge in [-0.2, -0.15) is 0 Å². The number of benzene rings is 2. The lowest BCUT2D eigenvalue weighted by atomic mass is 10.1. The molecule has 0 saturated heterocycles. The molecule has 0 bridgehead atoms. The smallest absolute Gasteiger partial charge is 0.228 e. The van der Waals surface area contributed by atoms with Gasteiger partial charge in [-0.05, 0) is 36.4 Å². The first kappa shape index (κ1) is 17.9. The van der Waals surface area contributed by atoms with Crippen molar-refractivity contribution in [2.45, 2.75) is 6.42 Å². The zero-order valence-electron chi connectivity index (χ0n) is 14.5. The summed E-state index contributed by atoms with van der Waals surface area (Å²) in [6.45, 7) is 0. The Morgan fingerprint density at radius 1 is 1.08 bits per heavy atom. The summed E-state index contributed by atoms with van der Waals surface area (Å²) >= 11 is 6.11. The van der Waals surface area contributed by atoms with Crippen LogP contribution < -0.4 is 14.8 Å². The van der Waals surface area contributed by atoms with Crippen LogP contribution in [0.4, 0.5) is 5.69 Å². The summed E-state index contributed by atoms with van der Waals surface area (Å²) in [5, 5.41) is 3.55. The number of anilines is 1. The average Bonchev–Trinajstić information content (AvgIpc) is 3.18. The van der Waals surface area contributed by atoms with E-state index in [-0.39, 0.29) is 12.3 Å². The molecular weight excluding hydrogens is 352 g/mol. The first-order chi connectivity index (χ1) is 12.6. The fraction of sp³-hybridized carbons (Fsp3) is 0.150. The van der Waals surface area contributed by atoms with E-state index in [1.165, 1.54) is 0 Å². The Balaban J connectivity index is 1.81. The minimum absolute atomic E-state index is 0.149. The van der Waals surface area contributed by atoms with Crippen LogP contribution in [0.2, 0.25) is 5.02 Å². The maximum Gasteiger partial charge on any atom is 0.228 e. The van der Waals surface area contributed by atoms with Gasteiger partial charge < -0.3 is 19.4 Å². The Kier molecular flexibility index (Phi) is 5.49. The summed E-state index contributed by atoms with van der Waals surface area (Å²) in [7, 11) is 3.16. The molecule has 6 heteroatoms. The van der Waals surface area contributed by atoms with Gasteiger partial charge in [0.15, 0.2) is 0 Å². The first-order valence-electron chi connectivity index (χ1n) is 8.04. The van der Waals surface area contributed by atoms with E-state index in [1.54, 1.807) is 38.5 Å². The predicted molar refractivity (Wildman–Crippen MR) is 103 cm³/mol. The second kappa shape index (κ2) is 7.97. The molecule has 0 saturated carbocycles. The van der Waals surface area contributed by atoms with Crippen LogP contribution in [0.25, 0.3) is 5.69 Å². The third kappa shape index (κ3) is 4.00. The lowest BCUT2D eigenvalue weighted by molar-refractivity contribution is -0.115. The lowest BCUT2D eigenvalue weighted by Gasteiger charge is -2.14. The van der Waals surface area contributed by atoms with E-state index in [0.29, 0.717) is 22.2 Å². The summed E-state index contributed by atoms with van der Waals surface area (Å²) in [5.74, 6) is 1.14. The highest BCUT2D eigenvalue weighted by atomic mass is 35.5. The molecule has 0 radical (unpaired) electrons. The van der Waals surface area contributed by atoms with E-state index in [4.69, 9.17) is 21.1 Å². The van der Waals surface area contributed by atoms with Crippen molar-refractivity contribution >= 4 is 23.2 Å². The normalized spacial score (nSPS) is 10.4. The van der Waals surface area contributed by atoms with E-state index in [9.17, 15) is 4.79 Å². The summed E-state index contributed by atoms with van der Waals surface area (Å²) < 4.78 is 12.4. The quantitative estimate of drug-likeness (QED) is 0.702. The fourth-order valence-electron chi connectivity index (χ4n) is 2.68.